The fourth-order valence-electron chi connectivity index (χ4n) is 1.78. The third-order valence-corrected chi connectivity index (χ3v) is 2.47. The van der Waals surface area contributed by atoms with Crippen LogP contribution < -0.4 is 11.2 Å². The summed E-state index contributed by atoms with van der Waals surface area (Å²) in [5, 5.41) is 3.99. The fraction of sp³-hybridized carbons (Fsp3) is 0.250. The van der Waals surface area contributed by atoms with E-state index in [0.29, 0.717) is 0 Å². The average Bonchev–Trinajstić information content (AvgIpc) is 2.22. The molecule has 0 saturated carbocycles. The monoisotopic (exact) mass is 231 g/mol. The normalized spacial score (nSPS) is 10.5. The van der Waals surface area contributed by atoms with E-state index in [1.165, 1.54) is 7.05 Å². The summed E-state index contributed by atoms with van der Waals surface area (Å²) in [6, 6.07) is 5.75. The van der Waals surface area contributed by atoms with Crippen molar-refractivity contribution in [2.24, 2.45) is 7.05 Å². The summed E-state index contributed by atoms with van der Waals surface area (Å²) >= 11 is 0. The summed E-state index contributed by atoms with van der Waals surface area (Å²) in [4.78, 5) is 25.1. The maximum atomic E-state index is 11.7. The lowest BCUT2D eigenvalue weighted by Crippen LogP contribution is -2.31. The van der Waals surface area contributed by atoms with E-state index in [1.807, 2.05) is 32.0 Å². The highest BCUT2D eigenvalue weighted by Crippen LogP contribution is 2.16. The zero-order chi connectivity index (χ0) is 12.6. The summed E-state index contributed by atoms with van der Waals surface area (Å²) in [5.41, 5.74) is 2.12. The molecule has 0 aliphatic rings. The molecule has 1 aromatic carbocycles. The van der Waals surface area contributed by atoms with Crippen LogP contribution in [0.3, 0.4) is 0 Å². The van der Waals surface area contributed by atoms with Gasteiger partial charge in [0.1, 0.15) is 0 Å². The Bertz CT molecular complexity index is 663. The third kappa shape index (κ3) is 2.18. The first-order valence-electron chi connectivity index (χ1n) is 5.23. The Labute approximate surface area is 97.7 Å². The number of aromatic nitrogens is 3. The molecule has 17 heavy (non-hydrogen) atoms. The maximum absolute atomic E-state index is 11.7. The van der Waals surface area contributed by atoms with Gasteiger partial charge in [0.15, 0.2) is 5.69 Å². The largest absolute Gasteiger partial charge is 0.344 e. The molecule has 0 bridgehead atoms. The first-order valence-corrected chi connectivity index (χ1v) is 5.23. The molecule has 1 aromatic heterocycles. The SMILES string of the molecule is Cc1cc(C)cc(-c2nn(C)c(=O)[nH]c2=O)c1. The summed E-state index contributed by atoms with van der Waals surface area (Å²) < 4.78 is 1.12. The van der Waals surface area contributed by atoms with Crippen molar-refractivity contribution in [1.29, 1.82) is 0 Å². The van der Waals surface area contributed by atoms with Gasteiger partial charge >= 0.3 is 5.69 Å². The van der Waals surface area contributed by atoms with Crippen LogP contribution in [-0.2, 0) is 7.05 Å². The molecule has 0 aliphatic carbocycles. The summed E-state index contributed by atoms with van der Waals surface area (Å²) in [6.45, 7) is 3.90. The molecule has 0 saturated heterocycles. The van der Waals surface area contributed by atoms with Crippen LogP contribution in [0.2, 0.25) is 0 Å². The number of hydrogen-bond acceptors (Lipinski definition) is 3. The Balaban J connectivity index is 2.72. The van der Waals surface area contributed by atoms with Gasteiger partial charge in [0.05, 0.1) is 0 Å². The Morgan fingerprint density at radius 3 is 2.29 bits per heavy atom. The van der Waals surface area contributed by atoms with Gasteiger partial charge in [-0.1, -0.05) is 17.2 Å². The highest BCUT2D eigenvalue weighted by atomic mass is 16.2. The summed E-state index contributed by atoms with van der Waals surface area (Å²) in [7, 11) is 1.50. The van der Waals surface area contributed by atoms with E-state index in [1.54, 1.807) is 0 Å². The number of nitrogens with one attached hydrogen (secondary N) is 1. The van der Waals surface area contributed by atoms with E-state index in [2.05, 4.69) is 10.1 Å². The van der Waals surface area contributed by atoms with Gasteiger partial charge in [-0.15, -0.1) is 0 Å². The minimum Gasteiger partial charge on any atom is -0.271 e. The molecular weight excluding hydrogens is 218 g/mol. The van der Waals surface area contributed by atoms with Gasteiger partial charge in [0.25, 0.3) is 5.56 Å². The quantitative estimate of drug-likeness (QED) is 0.787. The van der Waals surface area contributed by atoms with Crippen molar-refractivity contribution in [3.63, 3.8) is 0 Å². The zero-order valence-electron chi connectivity index (χ0n) is 9.94. The van der Waals surface area contributed by atoms with Crippen LogP contribution in [0.4, 0.5) is 0 Å². The molecule has 2 rings (SSSR count). The molecule has 5 nitrogen and oxygen atoms in total. The zero-order valence-corrected chi connectivity index (χ0v) is 9.94. The molecule has 88 valence electrons. The molecule has 0 unspecified atom stereocenters. The van der Waals surface area contributed by atoms with E-state index in [4.69, 9.17) is 0 Å². The molecule has 0 spiro atoms. The lowest BCUT2D eigenvalue weighted by atomic mass is 10.1. The average molecular weight is 231 g/mol. The van der Waals surface area contributed by atoms with Crippen molar-refractivity contribution in [1.82, 2.24) is 14.8 Å². The van der Waals surface area contributed by atoms with Gasteiger partial charge in [-0.25, -0.2) is 9.48 Å². The Morgan fingerprint density at radius 2 is 1.71 bits per heavy atom. The van der Waals surface area contributed by atoms with Crippen LogP contribution in [0.5, 0.6) is 0 Å². The molecule has 0 amide bonds. The van der Waals surface area contributed by atoms with E-state index >= 15 is 0 Å². The standard InChI is InChI=1S/C12H13N3O2/c1-7-4-8(2)6-9(5-7)10-11(16)13-12(17)15(3)14-10/h4-6H,1-3H3,(H,13,16,17). The van der Waals surface area contributed by atoms with Crippen molar-refractivity contribution in [2.45, 2.75) is 13.8 Å². The number of rotatable bonds is 1. The number of H-pyrrole nitrogens is 1. The Kier molecular flexibility index (Phi) is 2.67. The molecule has 0 radical (unpaired) electrons. The second-order valence-electron chi connectivity index (χ2n) is 4.11. The van der Waals surface area contributed by atoms with Crippen molar-refractivity contribution in [2.75, 3.05) is 0 Å². The molecule has 0 atom stereocenters. The van der Waals surface area contributed by atoms with Crippen molar-refractivity contribution in [3.8, 4) is 11.3 Å². The van der Waals surface area contributed by atoms with E-state index < -0.39 is 11.2 Å². The first kappa shape index (κ1) is 11.3. The smallest absolute Gasteiger partial charge is 0.271 e. The molecule has 5 heteroatoms. The van der Waals surface area contributed by atoms with Gasteiger partial charge in [-0.3, -0.25) is 9.78 Å². The molecule has 1 N–H and O–H groups in total. The van der Waals surface area contributed by atoms with Crippen molar-refractivity contribution >= 4 is 0 Å². The fourth-order valence-corrected chi connectivity index (χ4v) is 1.78. The van der Waals surface area contributed by atoms with E-state index in [9.17, 15) is 9.59 Å². The topological polar surface area (TPSA) is 67.8 Å². The molecule has 1 heterocycles. The Hall–Kier alpha value is -2.17. The third-order valence-electron chi connectivity index (χ3n) is 2.47. The number of hydrogen-bond donors (Lipinski definition) is 1. The van der Waals surface area contributed by atoms with Gasteiger partial charge < -0.3 is 0 Å². The highest BCUT2D eigenvalue weighted by Gasteiger charge is 2.08. The first-order chi connectivity index (χ1) is 7.97. The number of aromatic amines is 1. The van der Waals surface area contributed by atoms with Crippen LogP contribution in [0.25, 0.3) is 11.3 Å². The predicted octanol–water partition coefficient (Wildman–Crippen LogP) is 0.752. The lowest BCUT2D eigenvalue weighted by Gasteiger charge is -2.04. The second-order valence-corrected chi connectivity index (χ2v) is 4.11. The summed E-state index contributed by atoms with van der Waals surface area (Å²) in [5.74, 6) is 0. The number of nitrogens with zero attached hydrogens (tertiary/aromatic N) is 2. The van der Waals surface area contributed by atoms with Gasteiger partial charge in [-0.05, 0) is 26.0 Å². The minimum absolute atomic E-state index is 0.263. The van der Waals surface area contributed by atoms with Crippen LogP contribution in [0, 0.1) is 13.8 Å². The molecule has 0 aliphatic heterocycles. The van der Waals surface area contributed by atoms with Crippen molar-refractivity contribution in [3.05, 3.63) is 50.2 Å². The van der Waals surface area contributed by atoms with E-state index in [0.717, 1.165) is 21.4 Å². The van der Waals surface area contributed by atoms with Crippen LogP contribution >= 0.6 is 0 Å². The van der Waals surface area contributed by atoms with Crippen LogP contribution in [0.1, 0.15) is 11.1 Å². The summed E-state index contributed by atoms with van der Waals surface area (Å²) in [6.07, 6.45) is 0. The minimum atomic E-state index is -0.511. The van der Waals surface area contributed by atoms with Crippen LogP contribution in [-0.4, -0.2) is 14.8 Å². The lowest BCUT2D eigenvalue weighted by molar-refractivity contribution is 0.671. The second kappa shape index (κ2) is 4.01. The predicted molar refractivity (Wildman–Crippen MR) is 65.0 cm³/mol. The number of aryl methyl sites for hydroxylation is 3. The molecular formula is C12H13N3O2. The van der Waals surface area contributed by atoms with Gasteiger partial charge in [-0.2, -0.15) is 5.10 Å². The number of benzene rings is 1. The van der Waals surface area contributed by atoms with Gasteiger partial charge in [0, 0.05) is 12.6 Å². The molecule has 0 fully saturated rings. The maximum Gasteiger partial charge on any atom is 0.344 e. The molecule has 2 aromatic rings. The van der Waals surface area contributed by atoms with Crippen LogP contribution in [0.15, 0.2) is 27.8 Å². The van der Waals surface area contributed by atoms with Crippen molar-refractivity contribution < 1.29 is 0 Å². The van der Waals surface area contributed by atoms with Gasteiger partial charge in [0.2, 0.25) is 0 Å². The van der Waals surface area contributed by atoms with E-state index in [-0.39, 0.29) is 5.69 Å². The Morgan fingerprint density at radius 1 is 1.12 bits per heavy atom. The highest BCUT2D eigenvalue weighted by molar-refractivity contribution is 5.59.